The van der Waals surface area contributed by atoms with Crippen LogP contribution in [0.4, 0.5) is 21.6 Å². The van der Waals surface area contributed by atoms with Crippen LogP contribution < -0.4 is 11.1 Å². The van der Waals surface area contributed by atoms with E-state index in [-0.39, 0.29) is 11.9 Å². The van der Waals surface area contributed by atoms with Crippen molar-refractivity contribution in [1.29, 1.82) is 0 Å². The van der Waals surface area contributed by atoms with Crippen molar-refractivity contribution in [2.45, 2.75) is 26.8 Å². The van der Waals surface area contributed by atoms with Crippen molar-refractivity contribution in [3.63, 3.8) is 0 Å². The molecule has 1 heterocycles. The van der Waals surface area contributed by atoms with Gasteiger partial charge < -0.3 is 11.1 Å². The quantitative estimate of drug-likeness (QED) is 0.896. The average Bonchev–Trinajstić information content (AvgIpc) is 2.61. The maximum absolute atomic E-state index is 13.1. The van der Waals surface area contributed by atoms with Crippen LogP contribution in [0.5, 0.6) is 0 Å². The summed E-state index contributed by atoms with van der Waals surface area (Å²) in [4.78, 5) is 0. The molecule has 6 heteroatoms. The van der Waals surface area contributed by atoms with Gasteiger partial charge in [0.15, 0.2) is 5.82 Å². The minimum Gasteiger partial charge on any atom is -0.394 e. The van der Waals surface area contributed by atoms with E-state index < -0.39 is 0 Å². The molecular weight excluding hydrogens is 311 g/mol. The summed E-state index contributed by atoms with van der Waals surface area (Å²) in [6.45, 7) is 5.91. The van der Waals surface area contributed by atoms with E-state index in [2.05, 4.69) is 26.3 Å². The summed E-state index contributed by atoms with van der Waals surface area (Å²) in [6.07, 6.45) is 0. The van der Waals surface area contributed by atoms with Crippen molar-refractivity contribution >= 4 is 33.1 Å². The van der Waals surface area contributed by atoms with Crippen molar-refractivity contribution in [1.82, 2.24) is 9.78 Å². The second-order valence-electron chi connectivity index (χ2n) is 4.64. The van der Waals surface area contributed by atoms with Crippen LogP contribution >= 0.6 is 15.9 Å². The second-order valence-corrected chi connectivity index (χ2v) is 5.49. The Morgan fingerprint density at radius 3 is 2.68 bits per heavy atom. The molecule has 0 aliphatic heterocycles. The zero-order chi connectivity index (χ0) is 14.2. The van der Waals surface area contributed by atoms with E-state index in [1.807, 2.05) is 25.5 Å². The lowest BCUT2D eigenvalue weighted by molar-refractivity contribution is 0.536. The van der Waals surface area contributed by atoms with E-state index in [0.717, 1.165) is 17.2 Å². The highest BCUT2D eigenvalue weighted by Gasteiger charge is 2.15. The van der Waals surface area contributed by atoms with Crippen LogP contribution in [0.1, 0.15) is 25.6 Å². The SMILES string of the molecule is Cc1nn(C(C)C)c(Nc2ccc(F)cc2Br)c1N. The Balaban J connectivity index is 2.43. The molecule has 1 aromatic heterocycles. The monoisotopic (exact) mass is 326 g/mol. The van der Waals surface area contributed by atoms with Gasteiger partial charge >= 0.3 is 0 Å². The molecule has 0 spiro atoms. The standard InChI is InChI=1S/C13H16BrFN4/c1-7(2)19-13(12(16)8(3)18-19)17-11-5-4-9(15)6-10(11)14/h4-7,17H,16H2,1-3H3. The molecule has 0 aliphatic rings. The minimum absolute atomic E-state index is 0.178. The van der Waals surface area contributed by atoms with Crippen LogP contribution in [0.15, 0.2) is 22.7 Å². The van der Waals surface area contributed by atoms with Gasteiger partial charge in [-0.2, -0.15) is 5.10 Å². The summed E-state index contributed by atoms with van der Waals surface area (Å²) in [5.41, 5.74) is 8.15. The summed E-state index contributed by atoms with van der Waals surface area (Å²) in [7, 11) is 0. The highest BCUT2D eigenvalue weighted by molar-refractivity contribution is 9.10. The van der Waals surface area contributed by atoms with Crippen molar-refractivity contribution in [2.75, 3.05) is 11.1 Å². The fourth-order valence-electron chi connectivity index (χ4n) is 1.78. The Morgan fingerprint density at radius 1 is 1.42 bits per heavy atom. The number of nitrogens with zero attached hydrogens (tertiary/aromatic N) is 2. The van der Waals surface area contributed by atoms with Gasteiger partial charge in [0.05, 0.1) is 17.1 Å². The Hall–Kier alpha value is -1.56. The van der Waals surface area contributed by atoms with Gasteiger partial charge in [-0.15, -0.1) is 0 Å². The van der Waals surface area contributed by atoms with Gasteiger partial charge in [-0.25, -0.2) is 9.07 Å². The number of hydrogen-bond donors (Lipinski definition) is 2. The Morgan fingerprint density at radius 2 is 2.11 bits per heavy atom. The summed E-state index contributed by atoms with van der Waals surface area (Å²) in [5, 5.41) is 7.59. The number of halogens is 2. The van der Waals surface area contributed by atoms with Gasteiger partial charge in [0.25, 0.3) is 0 Å². The molecule has 0 radical (unpaired) electrons. The van der Waals surface area contributed by atoms with Crippen molar-refractivity contribution in [3.05, 3.63) is 34.2 Å². The highest BCUT2D eigenvalue weighted by Crippen LogP contribution is 2.32. The number of aromatic nitrogens is 2. The molecule has 102 valence electrons. The van der Waals surface area contributed by atoms with E-state index in [9.17, 15) is 4.39 Å². The molecule has 2 rings (SSSR count). The molecule has 3 N–H and O–H groups in total. The van der Waals surface area contributed by atoms with E-state index in [1.165, 1.54) is 12.1 Å². The lowest BCUT2D eigenvalue weighted by Crippen LogP contribution is -2.08. The summed E-state index contributed by atoms with van der Waals surface area (Å²) < 4.78 is 15.5. The summed E-state index contributed by atoms with van der Waals surface area (Å²) >= 11 is 3.32. The maximum atomic E-state index is 13.1. The third-order valence-electron chi connectivity index (χ3n) is 2.81. The molecule has 0 saturated heterocycles. The van der Waals surface area contributed by atoms with Gasteiger partial charge in [0.2, 0.25) is 0 Å². The molecule has 0 fully saturated rings. The predicted molar refractivity (Wildman–Crippen MR) is 79.1 cm³/mol. The highest BCUT2D eigenvalue weighted by atomic mass is 79.9. The molecule has 1 aromatic carbocycles. The minimum atomic E-state index is -0.293. The number of nitrogens with two attached hydrogens (primary N) is 1. The zero-order valence-electron chi connectivity index (χ0n) is 11.0. The topological polar surface area (TPSA) is 55.9 Å². The van der Waals surface area contributed by atoms with Crippen LogP contribution in [-0.2, 0) is 0 Å². The third kappa shape index (κ3) is 2.73. The van der Waals surface area contributed by atoms with Crippen molar-refractivity contribution in [3.8, 4) is 0 Å². The molecule has 0 aliphatic carbocycles. The summed E-state index contributed by atoms with van der Waals surface area (Å²) in [6, 6.07) is 4.64. The van der Waals surface area contributed by atoms with Crippen LogP contribution in [0.25, 0.3) is 0 Å². The molecular formula is C13H16BrFN4. The van der Waals surface area contributed by atoms with Gasteiger partial charge in [0, 0.05) is 10.5 Å². The number of benzene rings is 1. The molecule has 19 heavy (non-hydrogen) atoms. The molecule has 0 unspecified atom stereocenters. The van der Waals surface area contributed by atoms with Crippen LogP contribution in [-0.4, -0.2) is 9.78 Å². The molecule has 0 atom stereocenters. The lowest BCUT2D eigenvalue weighted by Gasteiger charge is -2.14. The first-order valence-electron chi connectivity index (χ1n) is 5.96. The van der Waals surface area contributed by atoms with Gasteiger partial charge in [-0.3, -0.25) is 0 Å². The van der Waals surface area contributed by atoms with Crippen molar-refractivity contribution in [2.24, 2.45) is 0 Å². The molecule has 0 saturated carbocycles. The average molecular weight is 327 g/mol. The first-order valence-corrected chi connectivity index (χ1v) is 6.76. The van der Waals surface area contributed by atoms with E-state index >= 15 is 0 Å². The lowest BCUT2D eigenvalue weighted by atomic mass is 10.3. The zero-order valence-corrected chi connectivity index (χ0v) is 12.6. The van der Waals surface area contributed by atoms with Crippen LogP contribution in [0, 0.1) is 12.7 Å². The van der Waals surface area contributed by atoms with E-state index in [1.54, 1.807) is 6.07 Å². The van der Waals surface area contributed by atoms with Crippen LogP contribution in [0.2, 0.25) is 0 Å². The number of rotatable bonds is 3. The Bertz CT molecular complexity index is 607. The summed E-state index contributed by atoms with van der Waals surface area (Å²) in [5.74, 6) is 0.429. The fraction of sp³-hybridized carbons (Fsp3) is 0.308. The Kier molecular flexibility index (Phi) is 3.80. The molecule has 4 nitrogen and oxygen atoms in total. The van der Waals surface area contributed by atoms with Gasteiger partial charge in [-0.1, -0.05) is 0 Å². The fourth-order valence-corrected chi connectivity index (χ4v) is 2.23. The molecule has 0 bridgehead atoms. The second kappa shape index (κ2) is 5.21. The number of nitrogen functional groups attached to an aromatic ring is 1. The Labute approximate surface area is 119 Å². The number of hydrogen-bond acceptors (Lipinski definition) is 3. The number of aryl methyl sites for hydroxylation is 1. The maximum Gasteiger partial charge on any atom is 0.152 e. The van der Waals surface area contributed by atoms with Gasteiger partial charge in [-0.05, 0) is 54.9 Å². The predicted octanol–water partition coefficient (Wildman–Crippen LogP) is 4.00. The van der Waals surface area contributed by atoms with Gasteiger partial charge in [0.1, 0.15) is 5.82 Å². The van der Waals surface area contributed by atoms with Crippen molar-refractivity contribution < 1.29 is 4.39 Å². The first kappa shape index (κ1) is 13.9. The largest absolute Gasteiger partial charge is 0.394 e. The van der Waals surface area contributed by atoms with E-state index in [0.29, 0.717) is 10.2 Å². The van der Waals surface area contributed by atoms with Crippen LogP contribution in [0.3, 0.4) is 0 Å². The smallest absolute Gasteiger partial charge is 0.152 e. The van der Waals surface area contributed by atoms with E-state index in [4.69, 9.17) is 5.73 Å². The number of anilines is 3. The third-order valence-corrected chi connectivity index (χ3v) is 3.46. The first-order chi connectivity index (χ1) is 8.90. The molecule has 0 amide bonds. The number of nitrogens with one attached hydrogen (secondary N) is 1. The normalized spacial score (nSPS) is 11.1. The molecule has 2 aromatic rings.